The van der Waals surface area contributed by atoms with Crippen LogP contribution < -0.4 is 5.30 Å². The second-order valence-electron chi connectivity index (χ2n) is 3.66. The first-order chi connectivity index (χ1) is 6.02. The summed E-state index contributed by atoms with van der Waals surface area (Å²) in [5.74, 6) is 0. The number of rotatable bonds is 1. The standard InChI is InChI=1S/C9H15P.2ClH.Pd/c1-10(2,3)9-7-5-4-6-8-9;;;/h4-8,10H,1-3H3;2*1H;/q;;;+2/p-2. The van der Waals surface area contributed by atoms with Gasteiger partial charge in [0.2, 0.25) is 0 Å². The van der Waals surface area contributed by atoms with Crippen molar-refractivity contribution in [3.63, 3.8) is 0 Å². The van der Waals surface area contributed by atoms with Crippen LogP contribution >= 0.6 is 26.3 Å². The van der Waals surface area contributed by atoms with Crippen molar-refractivity contribution in [1.29, 1.82) is 0 Å². The minimum absolute atomic E-state index is 0.106. The first kappa shape index (κ1) is 13.9. The predicted molar refractivity (Wildman–Crippen MR) is 63.9 cm³/mol. The summed E-state index contributed by atoms with van der Waals surface area (Å²) < 4.78 is 0. The fraction of sp³-hybridized carbons (Fsp3) is 0.333. The van der Waals surface area contributed by atoms with Crippen molar-refractivity contribution in [1.82, 2.24) is 0 Å². The zero-order chi connectivity index (χ0) is 10.3. The third-order valence-corrected chi connectivity index (χ3v) is 3.71. The molecule has 0 fully saturated rings. The van der Waals surface area contributed by atoms with Crippen LogP contribution in [0.5, 0.6) is 0 Å². The molecule has 0 saturated heterocycles. The van der Waals surface area contributed by atoms with Crippen LogP contribution in [0.3, 0.4) is 0 Å². The van der Waals surface area contributed by atoms with Gasteiger partial charge in [0.15, 0.2) is 0 Å². The first-order valence-corrected chi connectivity index (χ1v) is 11.4. The summed E-state index contributed by atoms with van der Waals surface area (Å²) in [6.07, 6.45) is 0. The average molecular weight is 332 g/mol. The Morgan fingerprint density at radius 1 is 1.00 bits per heavy atom. The van der Waals surface area contributed by atoms with Crippen LogP contribution in [0, 0.1) is 0 Å². The van der Waals surface area contributed by atoms with Crippen molar-refractivity contribution in [2.24, 2.45) is 0 Å². The molecule has 0 aliphatic rings. The van der Waals surface area contributed by atoms with Crippen LogP contribution in [0.4, 0.5) is 0 Å². The number of benzene rings is 1. The SMILES string of the molecule is C[PH](C)(C)c1ccccc1.[Cl][Pd][Cl]. The Morgan fingerprint density at radius 3 is 1.62 bits per heavy atom. The van der Waals surface area contributed by atoms with Gasteiger partial charge in [-0.25, -0.2) is 0 Å². The molecule has 0 amide bonds. The molecule has 80 valence electrons. The zero-order valence-corrected chi connectivity index (χ0v) is 12.0. The Kier molecular flexibility index (Phi) is 7.71. The van der Waals surface area contributed by atoms with E-state index in [0.29, 0.717) is 0 Å². The predicted octanol–water partition coefficient (Wildman–Crippen LogP) is 3.33. The monoisotopic (exact) mass is 330 g/mol. The molecule has 0 aliphatic heterocycles. The fourth-order valence-electron chi connectivity index (χ4n) is 0.938. The molecular weight excluding hydrogens is 316 g/mol. The molecule has 0 nitrogen and oxygen atoms in total. The molecule has 0 aliphatic carbocycles. The molecule has 0 spiro atoms. The molecule has 0 N–H and O–H groups in total. The van der Waals surface area contributed by atoms with E-state index in [1.165, 1.54) is 5.30 Å². The summed E-state index contributed by atoms with van der Waals surface area (Å²) in [6.45, 7) is 7.09. The van der Waals surface area contributed by atoms with Crippen molar-refractivity contribution in [3.05, 3.63) is 30.3 Å². The Hall–Kier alpha value is 0.892. The van der Waals surface area contributed by atoms with Crippen molar-refractivity contribution in [3.8, 4) is 0 Å². The van der Waals surface area contributed by atoms with Crippen LogP contribution in [0.2, 0.25) is 0 Å². The van der Waals surface area contributed by atoms with Gasteiger partial charge >= 0.3 is 97.9 Å². The van der Waals surface area contributed by atoms with E-state index in [0.717, 1.165) is 0 Å². The van der Waals surface area contributed by atoms with Crippen LogP contribution in [-0.4, -0.2) is 20.0 Å². The molecule has 0 saturated carbocycles. The van der Waals surface area contributed by atoms with Crippen molar-refractivity contribution in [2.45, 2.75) is 0 Å². The first-order valence-electron chi connectivity index (χ1n) is 3.90. The fourth-order valence-corrected chi connectivity index (χ4v) is 2.13. The summed E-state index contributed by atoms with van der Waals surface area (Å²) in [4.78, 5) is 0. The Labute approximate surface area is 97.5 Å². The van der Waals surface area contributed by atoms with Gasteiger partial charge < -0.3 is 0 Å². The topological polar surface area (TPSA) is 0 Å². The Balaban J connectivity index is 0.000000424. The summed E-state index contributed by atoms with van der Waals surface area (Å²) in [6, 6.07) is 10.8. The zero-order valence-electron chi connectivity index (χ0n) is 7.96. The maximum absolute atomic E-state index is 4.81. The van der Waals surface area contributed by atoms with E-state index in [9.17, 15) is 0 Å². The van der Waals surface area contributed by atoms with Gasteiger partial charge in [0.1, 0.15) is 0 Å². The minimum atomic E-state index is -1.03. The molecule has 0 aromatic heterocycles. The summed E-state index contributed by atoms with van der Waals surface area (Å²) >= 11 is -0.106. The van der Waals surface area contributed by atoms with Gasteiger partial charge in [-0.3, -0.25) is 0 Å². The molecule has 13 heavy (non-hydrogen) atoms. The Morgan fingerprint density at radius 2 is 1.38 bits per heavy atom. The average Bonchev–Trinajstić information content (AvgIpc) is 2.06. The van der Waals surface area contributed by atoms with Crippen LogP contribution in [0.15, 0.2) is 30.3 Å². The molecule has 1 aromatic rings. The molecule has 4 heteroatoms. The van der Waals surface area contributed by atoms with Gasteiger partial charge in [-0.1, -0.05) is 0 Å². The molecule has 0 heterocycles. The maximum atomic E-state index is 4.81. The molecular formula is C9H15Cl2PPd. The second kappa shape index (κ2) is 7.22. The van der Waals surface area contributed by atoms with E-state index >= 15 is 0 Å². The van der Waals surface area contributed by atoms with Gasteiger partial charge in [0.25, 0.3) is 0 Å². The second-order valence-corrected chi connectivity index (χ2v) is 11.1. The molecule has 0 unspecified atom stereocenters. The molecule has 1 aromatic carbocycles. The molecule has 1 rings (SSSR count). The van der Waals surface area contributed by atoms with Crippen LogP contribution in [0.1, 0.15) is 0 Å². The summed E-state index contributed by atoms with van der Waals surface area (Å²) in [5.41, 5.74) is 0. The molecule has 0 atom stereocenters. The van der Waals surface area contributed by atoms with Crippen molar-refractivity contribution < 1.29 is 15.9 Å². The van der Waals surface area contributed by atoms with Crippen molar-refractivity contribution >= 4 is 31.6 Å². The van der Waals surface area contributed by atoms with Crippen molar-refractivity contribution in [2.75, 3.05) is 20.0 Å². The van der Waals surface area contributed by atoms with Gasteiger partial charge in [0.05, 0.1) is 0 Å². The third kappa shape index (κ3) is 6.90. The van der Waals surface area contributed by atoms with E-state index in [2.05, 4.69) is 50.3 Å². The Bertz CT molecular complexity index is 221. The van der Waals surface area contributed by atoms with Crippen LogP contribution in [-0.2, 0) is 15.9 Å². The van der Waals surface area contributed by atoms with E-state index in [1.807, 2.05) is 0 Å². The summed E-state index contributed by atoms with van der Waals surface area (Å²) in [7, 11) is 8.59. The van der Waals surface area contributed by atoms with Gasteiger partial charge in [0, 0.05) is 0 Å². The number of halogens is 2. The molecule has 0 bridgehead atoms. The third-order valence-electron chi connectivity index (χ3n) is 1.64. The van der Waals surface area contributed by atoms with E-state index in [1.54, 1.807) is 0 Å². The normalized spacial score (nSPS) is 11.8. The van der Waals surface area contributed by atoms with Gasteiger partial charge in [-0.05, 0) is 0 Å². The number of hydrogen-bond donors (Lipinski definition) is 0. The van der Waals surface area contributed by atoms with Gasteiger partial charge in [-0.15, -0.1) is 0 Å². The quantitative estimate of drug-likeness (QED) is 0.547. The van der Waals surface area contributed by atoms with E-state index in [-0.39, 0.29) is 15.9 Å². The molecule has 0 radical (unpaired) electrons. The number of hydrogen-bond acceptors (Lipinski definition) is 0. The van der Waals surface area contributed by atoms with E-state index < -0.39 is 7.26 Å². The summed E-state index contributed by atoms with van der Waals surface area (Å²) in [5, 5.41) is 1.54. The van der Waals surface area contributed by atoms with E-state index in [4.69, 9.17) is 19.1 Å². The van der Waals surface area contributed by atoms with Gasteiger partial charge in [-0.2, -0.15) is 0 Å². The van der Waals surface area contributed by atoms with Crippen LogP contribution in [0.25, 0.3) is 0 Å².